The number of carbonyl (C=O) groups is 2. The van der Waals surface area contributed by atoms with E-state index in [2.05, 4.69) is 42.9 Å². The lowest BCUT2D eigenvalue weighted by Crippen LogP contribution is -2.41. The van der Waals surface area contributed by atoms with Gasteiger partial charge < -0.3 is 25.6 Å². The average Bonchev–Trinajstić information content (AvgIpc) is 3.61. The smallest absolute Gasteiger partial charge is 0.410 e. The quantitative estimate of drug-likeness (QED) is 0.281. The zero-order valence-electron chi connectivity index (χ0n) is 23.2. The van der Waals surface area contributed by atoms with E-state index in [9.17, 15) is 9.59 Å². The number of hydrogen-bond acceptors (Lipinski definition) is 8. The minimum atomic E-state index is -0.606. The molecular formula is C28H36N8O3. The van der Waals surface area contributed by atoms with Crippen LogP contribution in [0.2, 0.25) is 0 Å². The van der Waals surface area contributed by atoms with Gasteiger partial charge >= 0.3 is 6.09 Å². The molecule has 39 heavy (non-hydrogen) atoms. The Balaban J connectivity index is 1.28. The van der Waals surface area contributed by atoms with Crippen LogP contribution >= 0.6 is 0 Å². The summed E-state index contributed by atoms with van der Waals surface area (Å²) in [6.45, 7) is 5.75. The topological polar surface area (TPSA) is 126 Å². The molecule has 0 saturated heterocycles. The van der Waals surface area contributed by atoms with Crippen LogP contribution in [-0.2, 0) is 16.6 Å². The lowest BCUT2D eigenvalue weighted by molar-refractivity contribution is -0.122. The second-order valence-corrected chi connectivity index (χ2v) is 10.6. The number of hydrogen-bond donors (Lipinski definition) is 3. The third-order valence-electron chi connectivity index (χ3n) is 5.82. The highest BCUT2D eigenvalue weighted by Gasteiger charge is 2.23. The summed E-state index contributed by atoms with van der Waals surface area (Å²) in [5, 5.41) is 14.9. The number of nitrogens with one attached hydrogen (secondary N) is 3. The van der Waals surface area contributed by atoms with Gasteiger partial charge in [-0.15, -0.1) is 0 Å². The third-order valence-corrected chi connectivity index (χ3v) is 5.82. The molecule has 0 radical (unpaired) electrons. The number of aromatic nitrogens is 4. The van der Waals surface area contributed by atoms with Crippen molar-refractivity contribution in [1.29, 1.82) is 0 Å². The summed E-state index contributed by atoms with van der Waals surface area (Å²) in [5.74, 6) is 7.27. The van der Waals surface area contributed by atoms with E-state index in [1.807, 2.05) is 36.1 Å². The Bertz CT molecular complexity index is 1400. The van der Waals surface area contributed by atoms with Gasteiger partial charge in [0, 0.05) is 44.2 Å². The molecule has 3 N–H and O–H groups in total. The summed E-state index contributed by atoms with van der Waals surface area (Å²) in [5.41, 5.74) is 2.02. The predicted molar refractivity (Wildman–Crippen MR) is 151 cm³/mol. The van der Waals surface area contributed by atoms with Crippen molar-refractivity contribution in [1.82, 2.24) is 30.0 Å². The van der Waals surface area contributed by atoms with Crippen LogP contribution < -0.4 is 16.0 Å². The summed E-state index contributed by atoms with van der Waals surface area (Å²) in [6.07, 6.45) is 6.52. The molecule has 0 unspecified atom stereocenters. The SMILES string of the molecule is CN(CC(=O)NCCCC#Cc1cnc(Nc2ccc3cnn(C)c3c2)nc1NC1CC1)C(=O)OC(C)(C)C. The number of nitrogens with zero attached hydrogens (tertiary/aromatic N) is 5. The molecule has 4 rings (SSSR count). The molecule has 1 aromatic carbocycles. The van der Waals surface area contributed by atoms with E-state index in [1.165, 1.54) is 11.9 Å². The highest BCUT2D eigenvalue weighted by Crippen LogP contribution is 2.27. The number of anilines is 3. The summed E-state index contributed by atoms with van der Waals surface area (Å²) < 4.78 is 7.08. The Hall–Kier alpha value is -4.33. The number of rotatable bonds is 9. The van der Waals surface area contributed by atoms with Crippen molar-refractivity contribution in [2.45, 2.75) is 58.1 Å². The van der Waals surface area contributed by atoms with Crippen LogP contribution in [0.25, 0.3) is 10.9 Å². The maximum Gasteiger partial charge on any atom is 0.410 e. The lowest BCUT2D eigenvalue weighted by atomic mass is 10.2. The second kappa shape index (κ2) is 12.0. The largest absolute Gasteiger partial charge is 0.444 e. The Morgan fingerprint density at radius 3 is 2.77 bits per heavy atom. The Morgan fingerprint density at radius 1 is 1.23 bits per heavy atom. The maximum atomic E-state index is 12.1. The first kappa shape index (κ1) is 27.7. The van der Waals surface area contributed by atoms with Gasteiger partial charge in [0.15, 0.2) is 0 Å². The summed E-state index contributed by atoms with van der Waals surface area (Å²) in [4.78, 5) is 34.5. The molecule has 0 atom stereocenters. The molecule has 2 aromatic heterocycles. The lowest BCUT2D eigenvalue weighted by Gasteiger charge is -2.24. The fourth-order valence-electron chi connectivity index (χ4n) is 3.65. The van der Waals surface area contributed by atoms with Gasteiger partial charge in [-0.2, -0.15) is 10.1 Å². The zero-order chi connectivity index (χ0) is 28.0. The number of fused-ring (bicyclic) bond motifs is 1. The van der Waals surface area contributed by atoms with E-state index in [0.717, 1.165) is 35.0 Å². The summed E-state index contributed by atoms with van der Waals surface area (Å²) in [7, 11) is 3.45. The van der Waals surface area contributed by atoms with Gasteiger partial charge in [-0.05, 0) is 58.2 Å². The minimum absolute atomic E-state index is 0.0650. The molecule has 3 aromatic rings. The Labute approximate surface area is 228 Å². The van der Waals surface area contributed by atoms with E-state index >= 15 is 0 Å². The van der Waals surface area contributed by atoms with Crippen LogP contribution in [0.1, 0.15) is 52.0 Å². The average molecular weight is 533 g/mol. The molecule has 0 bridgehead atoms. The summed E-state index contributed by atoms with van der Waals surface area (Å²) >= 11 is 0. The number of unbranched alkanes of at least 4 members (excludes halogenated alkanes) is 1. The molecule has 1 aliphatic carbocycles. The van der Waals surface area contributed by atoms with Crippen molar-refractivity contribution in [2.24, 2.45) is 7.05 Å². The van der Waals surface area contributed by atoms with Gasteiger partial charge in [0.2, 0.25) is 11.9 Å². The molecule has 0 aliphatic heterocycles. The first-order valence-corrected chi connectivity index (χ1v) is 13.1. The first-order chi connectivity index (χ1) is 18.6. The normalized spacial score (nSPS) is 12.8. The molecule has 206 valence electrons. The first-order valence-electron chi connectivity index (χ1n) is 13.1. The van der Waals surface area contributed by atoms with Gasteiger partial charge in [0.1, 0.15) is 18.0 Å². The standard InChI is InChI=1S/C28H36N8O3/c1-28(2,3)39-27(38)35(4)18-24(37)29-14-8-6-7-9-20-16-30-26(34-25(20)32-21-12-13-21)33-22-11-10-19-17-31-36(5)23(19)15-22/h10-11,15-17,21H,6,8,12-14,18H2,1-5H3,(H,29,37)(H2,30,32,33,34). The highest BCUT2D eigenvalue weighted by atomic mass is 16.6. The number of ether oxygens (including phenoxy) is 1. The second-order valence-electron chi connectivity index (χ2n) is 10.6. The van der Waals surface area contributed by atoms with Crippen LogP contribution in [0.5, 0.6) is 0 Å². The molecule has 11 nitrogen and oxygen atoms in total. The molecule has 1 saturated carbocycles. The fourth-order valence-corrected chi connectivity index (χ4v) is 3.65. The van der Waals surface area contributed by atoms with E-state index in [-0.39, 0.29) is 12.5 Å². The maximum absolute atomic E-state index is 12.1. The molecule has 2 heterocycles. The molecular weight excluding hydrogens is 496 g/mol. The van der Waals surface area contributed by atoms with Gasteiger partial charge in [-0.25, -0.2) is 9.78 Å². The van der Waals surface area contributed by atoms with E-state index in [1.54, 1.807) is 27.0 Å². The fraction of sp³-hybridized carbons (Fsp3) is 0.464. The monoisotopic (exact) mass is 532 g/mol. The van der Waals surface area contributed by atoms with E-state index in [0.29, 0.717) is 37.2 Å². The van der Waals surface area contributed by atoms with Crippen LogP contribution in [-0.4, -0.2) is 68.4 Å². The molecule has 0 spiro atoms. The van der Waals surface area contributed by atoms with Crippen LogP contribution in [0.15, 0.2) is 30.6 Å². The van der Waals surface area contributed by atoms with Crippen molar-refractivity contribution in [3.8, 4) is 11.8 Å². The highest BCUT2D eigenvalue weighted by molar-refractivity contribution is 5.83. The summed E-state index contributed by atoms with van der Waals surface area (Å²) in [6, 6.07) is 6.41. The molecule has 1 fully saturated rings. The molecule has 11 heteroatoms. The number of aryl methyl sites for hydroxylation is 1. The van der Waals surface area contributed by atoms with Crippen LogP contribution in [0.4, 0.5) is 22.2 Å². The third kappa shape index (κ3) is 8.33. The van der Waals surface area contributed by atoms with Gasteiger partial charge in [0.25, 0.3) is 0 Å². The molecule has 2 amide bonds. The molecule has 1 aliphatic rings. The number of likely N-dealkylation sites (N-methyl/N-ethyl adjacent to an activating group) is 1. The van der Waals surface area contributed by atoms with Gasteiger partial charge in [-0.1, -0.05) is 11.8 Å². The van der Waals surface area contributed by atoms with E-state index < -0.39 is 11.7 Å². The van der Waals surface area contributed by atoms with Crippen molar-refractivity contribution < 1.29 is 14.3 Å². The number of carbonyl (C=O) groups excluding carboxylic acids is 2. The van der Waals surface area contributed by atoms with E-state index in [4.69, 9.17) is 4.74 Å². The van der Waals surface area contributed by atoms with Crippen LogP contribution in [0, 0.1) is 11.8 Å². The van der Waals surface area contributed by atoms with Crippen LogP contribution in [0.3, 0.4) is 0 Å². The zero-order valence-corrected chi connectivity index (χ0v) is 23.2. The van der Waals surface area contributed by atoms with Crippen molar-refractivity contribution in [3.05, 3.63) is 36.2 Å². The van der Waals surface area contributed by atoms with Gasteiger partial charge in [0.05, 0.1) is 23.5 Å². The van der Waals surface area contributed by atoms with Crippen molar-refractivity contribution in [2.75, 3.05) is 30.8 Å². The minimum Gasteiger partial charge on any atom is -0.444 e. The number of amides is 2. The van der Waals surface area contributed by atoms with Crippen molar-refractivity contribution >= 4 is 40.4 Å². The Morgan fingerprint density at radius 2 is 2.03 bits per heavy atom. The Kier molecular flexibility index (Phi) is 8.54. The number of benzene rings is 1. The van der Waals surface area contributed by atoms with Crippen molar-refractivity contribution in [3.63, 3.8) is 0 Å². The predicted octanol–water partition coefficient (Wildman–Crippen LogP) is 3.80. The van der Waals surface area contributed by atoms with Gasteiger partial charge in [-0.3, -0.25) is 9.48 Å².